The van der Waals surface area contributed by atoms with Crippen molar-refractivity contribution in [3.8, 4) is 0 Å². The van der Waals surface area contributed by atoms with Crippen molar-refractivity contribution in [3.63, 3.8) is 0 Å². The molecule has 2 N–H and O–H groups in total. The van der Waals surface area contributed by atoms with Crippen molar-refractivity contribution < 1.29 is 4.74 Å². The second kappa shape index (κ2) is 9.25. The van der Waals surface area contributed by atoms with Gasteiger partial charge in [-0.2, -0.15) is 0 Å². The van der Waals surface area contributed by atoms with Crippen molar-refractivity contribution in [2.45, 2.75) is 20.0 Å². The maximum atomic E-state index is 5.47. The number of ether oxygens (including phenoxy) is 1. The lowest BCUT2D eigenvalue weighted by Gasteiger charge is -2.30. The average molecular weight is 352 g/mol. The first-order valence-electron chi connectivity index (χ1n) is 9.17. The van der Waals surface area contributed by atoms with Gasteiger partial charge in [0, 0.05) is 38.9 Å². The van der Waals surface area contributed by atoms with Crippen molar-refractivity contribution in [2.75, 3.05) is 38.3 Å². The Morgan fingerprint density at radius 2 is 1.81 bits per heavy atom. The molecule has 138 valence electrons. The van der Waals surface area contributed by atoms with E-state index < -0.39 is 0 Å². The highest BCUT2D eigenvalue weighted by molar-refractivity contribution is 5.79. The van der Waals surface area contributed by atoms with Crippen LogP contribution in [0, 0.1) is 6.92 Å². The molecule has 0 amide bonds. The molecule has 0 spiro atoms. The molecule has 0 unspecified atom stereocenters. The molecule has 1 heterocycles. The third kappa shape index (κ3) is 4.99. The van der Waals surface area contributed by atoms with Crippen molar-refractivity contribution >= 4 is 11.6 Å². The first kappa shape index (κ1) is 18.3. The Labute approximate surface area is 156 Å². The van der Waals surface area contributed by atoms with E-state index in [1.165, 1.54) is 22.4 Å². The zero-order valence-electron chi connectivity index (χ0n) is 15.7. The van der Waals surface area contributed by atoms with E-state index in [1.807, 2.05) is 0 Å². The molecule has 1 aliphatic rings. The highest BCUT2D eigenvalue weighted by Gasteiger charge is 2.14. The molecule has 0 aromatic heterocycles. The molecule has 0 saturated carbocycles. The van der Waals surface area contributed by atoms with Gasteiger partial charge >= 0.3 is 0 Å². The number of hydrogen-bond acceptors (Lipinski definition) is 3. The lowest BCUT2D eigenvalue weighted by molar-refractivity contribution is 0.122. The third-order valence-corrected chi connectivity index (χ3v) is 4.56. The van der Waals surface area contributed by atoms with Gasteiger partial charge in [0.1, 0.15) is 0 Å². The molecule has 0 aliphatic carbocycles. The second-order valence-corrected chi connectivity index (χ2v) is 6.50. The molecule has 0 radical (unpaired) electrons. The molecule has 2 aromatic rings. The Kier molecular flexibility index (Phi) is 6.50. The minimum absolute atomic E-state index is 0.737. The molecule has 5 nitrogen and oxygen atoms in total. The number of benzene rings is 2. The molecule has 2 aromatic carbocycles. The molecule has 1 aliphatic heterocycles. The Morgan fingerprint density at radius 1 is 1.04 bits per heavy atom. The van der Waals surface area contributed by atoms with Gasteiger partial charge in [0.2, 0.25) is 0 Å². The Hall–Kier alpha value is -2.53. The van der Waals surface area contributed by atoms with Crippen LogP contribution >= 0.6 is 0 Å². The maximum absolute atomic E-state index is 5.47. The summed E-state index contributed by atoms with van der Waals surface area (Å²) in [7, 11) is 1.81. The van der Waals surface area contributed by atoms with Crippen LogP contribution in [0.5, 0.6) is 0 Å². The van der Waals surface area contributed by atoms with Gasteiger partial charge in [-0.15, -0.1) is 0 Å². The monoisotopic (exact) mass is 352 g/mol. The largest absolute Gasteiger partial charge is 0.378 e. The predicted molar refractivity (Wildman–Crippen MR) is 108 cm³/mol. The molecule has 0 atom stereocenters. The van der Waals surface area contributed by atoms with E-state index in [0.717, 1.165) is 45.4 Å². The number of aliphatic imine (C=N–C) groups is 1. The van der Waals surface area contributed by atoms with Crippen LogP contribution in [-0.4, -0.2) is 39.3 Å². The van der Waals surface area contributed by atoms with Crippen molar-refractivity contribution in [1.29, 1.82) is 0 Å². The SMILES string of the molecule is CN=C(NCc1cccc(C)c1)NCc1ccccc1N1CCOCC1. The number of nitrogens with zero attached hydrogens (tertiary/aromatic N) is 2. The number of aryl methyl sites for hydroxylation is 1. The fourth-order valence-corrected chi connectivity index (χ4v) is 3.18. The number of para-hydroxylation sites is 1. The lowest BCUT2D eigenvalue weighted by Crippen LogP contribution is -2.39. The van der Waals surface area contributed by atoms with Crippen LogP contribution in [0.15, 0.2) is 53.5 Å². The van der Waals surface area contributed by atoms with Crippen molar-refractivity contribution in [3.05, 3.63) is 65.2 Å². The van der Waals surface area contributed by atoms with E-state index in [2.05, 4.69) is 76.0 Å². The van der Waals surface area contributed by atoms with Crippen molar-refractivity contribution in [1.82, 2.24) is 10.6 Å². The van der Waals surface area contributed by atoms with Crippen LogP contribution in [0.1, 0.15) is 16.7 Å². The van der Waals surface area contributed by atoms with Gasteiger partial charge in [-0.3, -0.25) is 4.99 Å². The van der Waals surface area contributed by atoms with E-state index in [0.29, 0.717) is 0 Å². The summed E-state index contributed by atoms with van der Waals surface area (Å²) in [5.41, 5.74) is 5.07. The fourth-order valence-electron chi connectivity index (χ4n) is 3.18. The summed E-state index contributed by atoms with van der Waals surface area (Å²) in [6, 6.07) is 17.1. The number of hydrogen-bond donors (Lipinski definition) is 2. The van der Waals surface area contributed by atoms with Gasteiger partial charge in [-0.25, -0.2) is 0 Å². The van der Waals surface area contributed by atoms with Crippen LogP contribution in [0.2, 0.25) is 0 Å². The highest BCUT2D eigenvalue weighted by atomic mass is 16.5. The molecule has 1 fully saturated rings. The smallest absolute Gasteiger partial charge is 0.191 e. The molecule has 5 heteroatoms. The van der Waals surface area contributed by atoms with Gasteiger partial charge in [-0.05, 0) is 24.1 Å². The first-order valence-corrected chi connectivity index (χ1v) is 9.17. The standard InChI is InChI=1S/C21H28N4O/c1-17-6-5-7-18(14-17)15-23-21(22-2)24-16-19-8-3-4-9-20(19)25-10-12-26-13-11-25/h3-9,14H,10-13,15-16H2,1-2H3,(H2,22,23,24). The topological polar surface area (TPSA) is 48.9 Å². The van der Waals surface area contributed by atoms with E-state index in [-0.39, 0.29) is 0 Å². The maximum Gasteiger partial charge on any atom is 0.191 e. The molecule has 26 heavy (non-hydrogen) atoms. The minimum atomic E-state index is 0.737. The molecular formula is C21H28N4O. The average Bonchev–Trinajstić information content (AvgIpc) is 2.69. The van der Waals surface area contributed by atoms with E-state index in [9.17, 15) is 0 Å². The summed E-state index contributed by atoms with van der Waals surface area (Å²) < 4.78 is 5.47. The molecular weight excluding hydrogens is 324 g/mol. The summed E-state index contributed by atoms with van der Waals surface area (Å²) in [4.78, 5) is 6.74. The van der Waals surface area contributed by atoms with Gasteiger partial charge < -0.3 is 20.3 Å². The Morgan fingerprint density at radius 3 is 2.58 bits per heavy atom. The van der Waals surface area contributed by atoms with Crippen LogP contribution < -0.4 is 15.5 Å². The summed E-state index contributed by atoms with van der Waals surface area (Å²) >= 11 is 0. The van der Waals surface area contributed by atoms with Crippen LogP contribution in [0.4, 0.5) is 5.69 Å². The highest BCUT2D eigenvalue weighted by Crippen LogP contribution is 2.21. The van der Waals surface area contributed by atoms with E-state index in [1.54, 1.807) is 7.05 Å². The number of morpholine rings is 1. The lowest BCUT2D eigenvalue weighted by atomic mass is 10.1. The van der Waals surface area contributed by atoms with Crippen LogP contribution in [0.25, 0.3) is 0 Å². The minimum Gasteiger partial charge on any atom is -0.378 e. The summed E-state index contributed by atoms with van der Waals surface area (Å²) in [6.45, 7) is 7.07. The summed E-state index contributed by atoms with van der Waals surface area (Å²) in [6.07, 6.45) is 0. The Balaban J connectivity index is 1.58. The first-order chi connectivity index (χ1) is 12.8. The third-order valence-electron chi connectivity index (χ3n) is 4.56. The summed E-state index contributed by atoms with van der Waals surface area (Å²) in [5, 5.41) is 6.82. The number of nitrogens with one attached hydrogen (secondary N) is 2. The molecule has 0 bridgehead atoms. The van der Waals surface area contributed by atoms with Gasteiger partial charge in [-0.1, -0.05) is 48.0 Å². The molecule has 3 rings (SSSR count). The van der Waals surface area contributed by atoms with Gasteiger partial charge in [0.15, 0.2) is 5.96 Å². The number of guanidine groups is 1. The number of rotatable bonds is 5. The van der Waals surface area contributed by atoms with Gasteiger partial charge in [0.05, 0.1) is 13.2 Å². The fraction of sp³-hybridized carbons (Fsp3) is 0.381. The number of anilines is 1. The predicted octanol–water partition coefficient (Wildman–Crippen LogP) is 2.70. The van der Waals surface area contributed by atoms with Crippen molar-refractivity contribution in [2.24, 2.45) is 4.99 Å². The van der Waals surface area contributed by atoms with E-state index in [4.69, 9.17) is 4.74 Å². The zero-order chi connectivity index (χ0) is 18.2. The van der Waals surface area contributed by atoms with Crippen LogP contribution in [-0.2, 0) is 17.8 Å². The van der Waals surface area contributed by atoms with E-state index >= 15 is 0 Å². The van der Waals surface area contributed by atoms with Crippen LogP contribution in [0.3, 0.4) is 0 Å². The van der Waals surface area contributed by atoms with Gasteiger partial charge in [0.25, 0.3) is 0 Å². The zero-order valence-corrected chi connectivity index (χ0v) is 15.7. The second-order valence-electron chi connectivity index (χ2n) is 6.50. The summed E-state index contributed by atoms with van der Waals surface area (Å²) in [5.74, 6) is 0.809. The normalized spacial score (nSPS) is 15.0. The molecule has 1 saturated heterocycles. The Bertz CT molecular complexity index is 738. The quantitative estimate of drug-likeness (QED) is 0.642.